The van der Waals surface area contributed by atoms with Crippen LogP contribution < -0.4 is 5.73 Å². The lowest BCUT2D eigenvalue weighted by Gasteiger charge is -2.19. The molecule has 0 radical (unpaired) electrons. The molecule has 0 heterocycles. The molecular formula is C37H74NO8P. The number of nitrogens with two attached hydrogens (primary N) is 1. The molecule has 0 saturated heterocycles. The van der Waals surface area contributed by atoms with Crippen LogP contribution in [0.1, 0.15) is 194 Å². The van der Waals surface area contributed by atoms with Gasteiger partial charge in [-0.2, -0.15) is 0 Å². The molecule has 3 N–H and O–H groups in total. The first-order chi connectivity index (χ1) is 22.8. The summed E-state index contributed by atoms with van der Waals surface area (Å²) in [5.74, 6) is -0.820. The maximum absolute atomic E-state index is 12.5. The standard InChI is InChI=1S/C37H74NO8P/c1-3-5-7-9-11-13-14-15-16-17-18-19-20-22-23-25-27-29-36(39)43-33-35(34-45-47(41,42)44-32-31-38)46-37(40)30-28-26-24-21-12-10-8-6-4-2/h35H,3-34,38H2,1-2H3,(H,41,42)/t35-/m1/s1. The largest absolute Gasteiger partial charge is 0.472 e. The summed E-state index contributed by atoms with van der Waals surface area (Å²) < 4.78 is 32.6. The van der Waals surface area contributed by atoms with E-state index in [2.05, 4.69) is 13.8 Å². The predicted octanol–water partition coefficient (Wildman–Crippen LogP) is 10.5. The molecule has 47 heavy (non-hydrogen) atoms. The highest BCUT2D eigenvalue weighted by Crippen LogP contribution is 2.43. The van der Waals surface area contributed by atoms with Crippen molar-refractivity contribution in [3.05, 3.63) is 0 Å². The zero-order valence-electron chi connectivity index (χ0n) is 30.5. The molecule has 2 atom stereocenters. The summed E-state index contributed by atoms with van der Waals surface area (Å²) in [6, 6.07) is 0. The van der Waals surface area contributed by atoms with Crippen LogP contribution in [-0.4, -0.2) is 49.3 Å². The Morgan fingerprint density at radius 3 is 1.30 bits per heavy atom. The average molecular weight is 692 g/mol. The van der Waals surface area contributed by atoms with Gasteiger partial charge in [-0.3, -0.25) is 18.6 Å². The Bertz CT molecular complexity index is 754. The van der Waals surface area contributed by atoms with Crippen LogP contribution in [0.25, 0.3) is 0 Å². The van der Waals surface area contributed by atoms with E-state index in [1.54, 1.807) is 0 Å². The summed E-state index contributed by atoms with van der Waals surface area (Å²) in [7, 11) is -4.36. The number of phosphoric ester groups is 1. The molecule has 0 aromatic heterocycles. The Kier molecular flexibility index (Phi) is 34.1. The molecule has 0 bridgehead atoms. The van der Waals surface area contributed by atoms with Gasteiger partial charge in [0.05, 0.1) is 13.2 Å². The Balaban J connectivity index is 4.09. The summed E-state index contributed by atoms with van der Waals surface area (Å²) in [6.07, 6.45) is 31.4. The molecule has 0 saturated carbocycles. The van der Waals surface area contributed by atoms with Crippen LogP contribution in [0.15, 0.2) is 0 Å². The van der Waals surface area contributed by atoms with Crippen LogP contribution in [0.4, 0.5) is 0 Å². The minimum atomic E-state index is -4.36. The fourth-order valence-corrected chi connectivity index (χ4v) is 6.34. The SMILES string of the molecule is CCCCCCCCCCCCCCCCCCCC(=O)OC[C@H](COP(=O)(O)OCCN)OC(=O)CCCCCCCCCCC. The number of unbranched alkanes of at least 4 members (excludes halogenated alkanes) is 24. The van der Waals surface area contributed by atoms with Crippen molar-refractivity contribution in [2.75, 3.05) is 26.4 Å². The Hall–Kier alpha value is -0.990. The van der Waals surface area contributed by atoms with E-state index in [-0.39, 0.29) is 38.6 Å². The predicted molar refractivity (Wildman–Crippen MR) is 192 cm³/mol. The van der Waals surface area contributed by atoms with Crippen molar-refractivity contribution < 1.29 is 37.6 Å². The number of hydrogen-bond acceptors (Lipinski definition) is 8. The Morgan fingerprint density at radius 1 is 0.553 bits per heavy atom. The highest BCUT2D eigenvalue weighted by atomic mass is 31.2. The second-order valence-electron chi connectivity index (χ2n) is 13.2. The third kappa shape index (κ3) is 34.7. The van der Waals surface area contributed by atoms with Gasteiger partial charge in [0, 0.05) is 19.4 Å². The van der Waals surface area contributed by atoms with Crippen molar-refractivity contribution >= 4 is 19.8 Å². The van der Waals surface area contributed by atoms with Crippen molar-refractivity contribution in [3.8, 4) is 0 Å². The maximum Gasteiger partial charge on any atom is 0.472 e. The topological polar surface area (TPSA) is 134 Å². The van der Waals surface area contributed by atoms with E-state index in [1.807, 2.05) is 0 Å². The molecule has 0 amide bonds. The highest BCUT2D eigenvalue weighted by Gasteiger charge is 2.26. The summed E-state index contributed by atoms with van der Waals surface area (Å²) in [5, 5.41) is 0. The van der Waals surface area contributed by atoms with Crippen molar-refractivity contribution in [1.82, 2.24) is 0 Å². The number of rotatable bonds is 37. The zero-order valence-corrected chi connectivity index (χ0v) is 31.4. The molecule has 0 rings (SSSR count). The fourth-order valence-electron chi connectivity index (χ4n) is 5.58. The molecule has 0 spiro atoms. The molecule has 0 aliphatic rings. The molecule has 280 valence electrons. The number of carbonyl (C=O) groups is 2. The van der Waals surface area contributed by atoms with Crippen LogP contribution in [0.2, 0.25) is 0 Å². The molecular weight excluding hydrogens is 617 g/mol. The van der Waals surface area contributed by atoms with Crippen molar-refractivity contribution in [3.63, 3.8) is 0 Å². The molecule has 0 aromatic carbocycles. The fraction of sp³-hybridized carbons (Fsp3) is 0.946. The number of ether oxygens (including phenoxy) is 2. The van der Waals surface area contributed by atoms with Crippen LogP contribution >= 0.6 is 7.82 Å². The third-order valence-corrected chi connectivity index (χ3v) is 9.48. The monoisotopic (exact) mass is 692 g/mol. The first-order valence-corrected chi connectivity index (χ1v) is 21.0. The van der Waals surface area contributed by atoms with E-state index >= 15 is 0 Å². The van der Waals surface area contributed by atoms with Crippen molar-refractivity contribution in [1.29, 1.82) is 0 Å². The van der Waals surface area contributed by atoms with E-state index < -0.39 is 26.5 Å². The lowest BCUT2D eigenvalue weighted by molar-refractivity contribution is -0.161. The van der Waals surface area contributed by atoms with Gasteiger partial charge in [0.15, 0.2) is 6.10 Å². The average Bonchev–Trinajstić information content (AvgIpc) is 3.05. The number of esters is 2. The molecule has 0 aliphatic heterocycles. The number of hydrogen-bond donors (Lipinski definition) is 2. The van der Waals surface area contributed by atoms with Gasteiger partial charge >= 0.3 is 19.8 Å². The molecule has 0 fully saturated rings. The van der Waals surface area contributed by atoms with Crippen molar-refractivity contribution in [2.24, 2.45) is 5.73 Å². The van der Waals surface area contributed by atoms with Crippen LogP contribution in [0.5, 0.6) is 0 Å². The third-order valence-electron chi connectivity index (χ3n) is 8.49. The van der Waals surface area contributed by atoms with E-state index in [1.165, 1.54) is 128 Å². The van der Waals surface area contributed by atoms with Gasteiger partial charge in [0.1, 0.15) is 6.61 Å². The number of phosphoric acid groups is 1. The van der Waals surface area contributed by atoms with E-state index in [0.29, 0.717) is 6.42 Å². The van der Waals surface area contributed by atoms with Crippen LogP contribution in [0.3, 0.4) is 0 Å². The first-order valence-electron chi connectivity index (χ1n) is 19.5. The summed E-state index contributed by atoms with van der Waals surface area (Å²) in [6.45, 7) is 3.72. The van der Waals surface area contributed by atoms with Gasteiger partial charge in [0.25, 0.3) is 0 Å². The van der Waals surface area contributed by atoms with Gasteiger partial charge in [-0.05, 0) is 12.8 Å². The quantitative estimate of drug-likeness (QED) is 0.0371. The number of carbonyl (C=O) groups excluding carboxylic acids is 2. The molecule has 1 unspecified atom stereocenters. The Morgan fingerprint density at radius 2 is 0.915 bits per heavy atom. The molecule has 10 heteroatoms. The van der Waals surface area contributed by atoms with Gasteiger partial charge < -0.3 is 20.1 Å². The molecule has 9 nitrogen and oxygen atoms in total. The normalized spacial score (nSPS) is 13.4. The van der Waals surface area contributed by atoms with E-state index in [9.17, 15) is 19.0 Å². The zero-order chi connectivity index (χ0) is 34.7. The second kappa shape index (κ2) is 34.9. The second-order valence-corrected chi connectivity index (χ2v) is 14.6. The molecule has 0 aromatic rings. The maximum atomic E-state index is 12.5. The smallest absolute Gasteiger partial charge is 0.462 e. The Labute approximate surface area is 288 Å². The summed E-state index contributed by atoms with van der Waals surface area (Å²) in [5.41, 5.74) is 5.32. The lowest BCUT2D eigenvalue weighted by Crippen LogP contribution is -2.29. The van der Waals surface area contributed by atoms with Crippen LogP contribution in [-0.2, 0) is 32.7 Å². The van der Waals surface area contributed by atoms with Gasteiger partial charge in [-0.1, -0.05) is 168 Å². The highest BCUT2D eigenvalue weighted by molar-refractivity contribution is 7.47. The molecule has 0 aliphatic carbocycles. The minimum absolute atomic E-state index is 0.0576. The first kappa shape index (κ1) is 46.0. The van der Waals surface area contributed by atoms with Gasteiger partial charge in [-0.15, -0.1) is 0 Å². The van der Waals surface area contributed by atoms with Gasteiger partial charge in [0.2, 0.25) is 0 Å². The van der Waals surface area contributed by atoms with E-state index in [0.717, 1.165) is 32.1 Å². The van der Waals surface area contributed by atoms with Crippen molar-refractivity contribution in [2.45, 2.75) is 200 Å². The van der Waals surface area contributed by atoms with E-state index in [4.69, 9.17) is 24.3 Å². The summed E-state index contributed by atoms with van der Waals surface area (Å²) >= 11 is 0. The minimum Gasteiger partial charge on any atom is -0.462 e. The van der Waals surface area contributed by atoms with Crippen LogP contribution in [0, 0.1) is 0 Å². The van der Waals surface area contributed by atoms with Gasteiger partial charge in [-0.25, -0.2) is 4.57 Å². The lowest BCUT2D eigenvalue weighted by atomic mass is 10.0. The summed E-state index contributed by atoms with van der Waals surface area (Å²) in [4.78, 5) is 34.6.